The van der Waals surface area contributed by atoms with E-state index in [4.69, 9.17) is 0 Å². The van der Waals surface area contributed by atoms with Gasteiger partial charge in [0.05, 0.1) is 0 Å². The number of aromatic nitrogens is 2. The van der Waals surface area contributed by atoms with Gasteiger partial charge in [-0.15, -0.1) is 10.2 Å². The Morgan fingerprint density at radius 2 is 2.28 bits per heavy atom. The Bertz CT molecular complexity index is 469. The second-order valence-corrected chi connectivity index (χ2v) is 4.91. The van der Waals surface area contributed by atoms with Crippen molar-refractivity contribution in [2.45, 2.75) is 25.4 Å². The van der Waals surface area contributed by atoms with E-state index in [9.17, 15) is 18.0 Å². The van der Waals surface area contributed by atoms with Gasteiger partial charge in [0.15, 0.2) is 0 Å². The highest BCUT2D eigenvalue weighted by Gasteiger charge is 2.35. The summed E-state index contributed by atoms with van der Waals surface area (Å²) < 4.78 is 36.8. The number of alkyl halides is 3. The second-order valence-electron chi connectivity index (χ2n) is 3.93. The largest absolute Gasteiger partial charge is 0.445 e. The maximum absolute atomic E-state index is 12.3. The van der Waals surface area contributed by atoms with E-state index < -0.39 is 11.2 Å². The molecule has 1 heterocycles. The van der Waals surface area contributed by atoms with Gasteiger partial charge in [-0.05, 0) is 18.8 Å². The van der Waals surface area contributed by atoms with Crippen molar-refractivity contribution in [1.29, 1.82) is 0 Å². The molecule has 1 aromatic rings. The van der Waals surface area contributed by atoms with Gasteiger partial charge in [0, 0.05) is 6.42 Å². The van der Waals surface area contributed by atoms with Crippen molar-refractivity contribution >= 4 is 22.4 Å². The molecule has 0 saturated heterocycles. The Labute approximate surface area is 105 Å². The van der Waals surface area contributed by atoms with Gasteiger partial charge in [-0.1, -0.05) is 23.5 Å². The van der Waals surface area contributed by atoms with Crippen LogP contribution >= 0.6 is 11.3 Å². The lowest BCUT2D eigenvalue weighted by Gasteiger charge is -2.05. The first-order valence-electron chi connectivity index (χ1n) is 5.32. The Hall–Kier alpha value is -1.44. The summed E-state index contributed by atoms with van der Waals surface area (Å²) >= 11 is 0.329. The number of hydrogen-bond acceptors (Lipinski definition) is 4. The minimum Gasteiger partial charge on any atom is -0.301 e. The summed E-state index contributed by atoms with van der Waals surface area (Å²) in [7, 11) is 0. The third-order valence-electron chi connectivity index (χ3n) is 2.47. The van der Waals surface area contributed by atoms with E-state index in [1.807, 2.05) is 12.2 Å². The summed E-state index contributed by atoms with van der Waals surface area (Å²) in [6.45, 7) is 0. The molecule has 1 N–H and O–H groups in total. The maximum Gasteiger partial charge on any atom is 0.445 e. The van der Waals surface area contributed by atoms with E-state index in [1.54, 1.807) is 0 Å². The third kappa shape index (κ3) is 3.28. The average molecular weight is 277 g/mol. The van der Waals surface area contributed by atoms with Crippen molar-refractivity contribution in [3.8, 4) is 0 Å². The molecule has 1 aliphatic carbocycles. The summed E-state index contributed by atoms with van der Waals surface area (Å²) in [5, 5.41) is 7.44. The van der Waals surface area contributed by atoms with Gasteiger partial charge in [-0.2, -0.15) is 13.2 Å². The molecule has 2 rings (SSSR count). The number of nitrogens with one attached hydrogen (secondary N) is 1. The molecule has 1 aliphatic rings. The van der Waals surface area contributed by atoms with Crippen LogP contribution in [0.5, 0.6) is 0 Å². The molecule has 4 nitrogen and oxygen atoms in total. The molecule has 0 spiro atoms. The standard InChI is InChI=1S/C10H10F3N3OS/c11-10(12,13)8-15-16-9(18-8)14-7(17)5-6-3-1-2-4-6/h1,3,6H,2,4-5H2,(H,14,16,17). The van der Waals surface area contributed by atoms with Crippen molar-refractivity contribution in [1.82, 2.24) is 10.2 Å². The molecule has 0 bridgehead atoms. The number of halogens is 3. The van der Waals surface area contributed by atoms with E-state index in [-0.39, 0.29) is 23.4 Å². The zero-order chi connectivity index (χ0) is 13.2. The fourth-order valence-electron chi connectivity index (χ4n) is 1.66. The summed E-state index contributed by atoms with van der Waals surface area (Å²) in [4.78, 5) is 11.5. The lowest BCUT2D eigenvalue weighted by molar-refractivity contribution is -0.138. The quantitative estimate of drug-likeness (QED) is 0.864. The van der Waals surface area contributed by atoms with Crippen LogP contribution in [0, 0.1) is 5.92 Å². The predicted octanol–water partition coefficient (Wildman–Crippen LogP) is 2.85. The van der Waals surface area contributed by atoms with Crippen LogP contribution in [-0.2, 0) is 11.0 Å². The molecule has 0 radical (unpaired) electrons. The van der Waals surface area contributed by atoms with Gasteiger partial charge >= 0.3 is 6.18 Å². The summed E-state index contributed by atoms with van der Waals surface area (Å²) in [5.74, 6) is -0.170. The van der Waals surface area contributed by atoms with Crippen molar-refractivity contribution in [2.24, 2.45) is 5.92 Å². The number of carbonyl (C=O) groups excluding carboxylic acids is 1. The first-order valence-corrected chi connectivity index (χ1v) is 6.14. The van der Waals surface area contributed by atoms with Gasteiger partial charge in [0.25, 0.3) is 0 Å². The molecule has 1 unspecified atom stereocenters. The van der Waals surface area contributed by atoms with Crippen LogP contribution in [0.2, 0.25) is 0 Å². The number of allylic oxidation sites excluding steroid dienone is 2. The number of anilines is 1. The zero-order valence-electron chi connectivity index (χ0n) is 9.20. The molecule has 0 fully saturated rings. The Morgan fingerprint density at radius 3 is 2.83 bits per heavy atom. The van der Waals surface area contributed by atoms with Gasteiger partial charge in [0.1, 0.15) is 0 Å². The Balaban J connectivity index is 1.91. The van der Waals surface area contributed by atoms with Crippen LogP contribution in [-0.4, -0.2) is 16.1 Å². The van der Waals surface area contributed by atoms with E-state index in [0.717, 1.165) is 12.8 Å². The van der Waals surface area contributed by atoms with Gasteiger partial charge in [-0.25, -0.2) is 0 Å². The first kappa shape index (κ1) is 13.0. The summed E-state index contributed by atoms with van der Waals surface area (Å²) in [6.07, 6.45) is 1.52. The monoisotopic (exact) mass is 277 g/mol. The zero-order valence-corrected chi connectivity index (χ0v) is 10.0. The van der Waals surface area contributed by atoms with Gasteiger partial charge in [0.2, 0.25) is 16.0 Å². The van der Waals surface area contributed by atoms with Gasteiger partial charge < -0.3 is 5.32 Å². The summed E-state index contributed by atoms with van der Waals surface area (Å²) in [5.41, 5.74) is 0. The fraction of sp³-hybridized carbons (Fsp3) is 0.500. The van der Waals surface area contributed by atoms with Crippen LogP contribution < -0.4 is 5.32 Å². The molecule has 0 saturated carbocycles. The second kappa shape index (κ2) is 5.05. The van der Waals surface area contributed by atoms with E-state index in [0.29, 0.717) is 11.3 Å². The Kier molecular flexibility index (Phi) is 3.65. The molecule has 0 aromatic carbocycles. The highest BCUT2D eigenvalue weighted by molar-refractivity contribution is 7.15. The molecule has 1 atom stereocenters. The van der Waals surface area contributed by atoms with Crippen molar-refractivity contribution in [3.63, 3.8) is 0 Å². The summed E-state index contributed by atoms with van der Waals surface area (Å²) in [6, 6.07) is 0. The van der Waals surface area contributed by atoms with Crippen molar-refractivity contribution < 1.29 is 18.0 Å². The average Bonchev–Trinajstić information content (AvgIpc) is 2.87. The van der Waals surface area contributed by atoms with Crippen LogP contribution in [0.25, 0.3) is 0 Å². The minimum atomic E-state index is -4.52. The molecule has 98 valence electrons. The SMILES string of the molecule is O=C(CC1C=CCC1)Nc1nnc(C(F)(F)F)s1. The minimum absolute atomic E-state index is 0.116. The lowest BCUT2D eigenvalue weighted by Crippen LogP contribution is -2.14. The Morgan fingerprint density at radius 1 is 1.50 bits per heavy atom. The number of carbonyl (C=O) groups is 1. The molecule has 1 aromatic heterocycles. The first-order chi connectivity index (χ1) is 8.45. The van der Waals surface area contributed by atoms with Crippen molar-refractivity contribution in [3.05, 3.63) is 17.2 Å². The molecule has 1 amide bonds. The van der Waals surface area contributed by atoms with E-state index in [1.165, 1.54) is 0 Å². The lowest BCUT2D eigenvalue weighted by atomic mass is 10.1. The third-order valence-corrected chi connectivity index (χ3v) is 3.36. The topological polar surface area (TPSA) is 54.9 Å². The molecule has 8 heteroatoms. The van der Waals surface area contributed by atoms with E-state index >= 15 is 0 Å². The predicted molar refractivity (Wildman–Crippen MR) is 60.0 cm³/mol. The van der Waals surface area contributed by atoms with Crippen LogP contribution in [0.4, 0.5) is 18.3 Å². The van der Waals surface area contributed by atoms with Crippen LogP contribution in [0.15, 0.2) is 12.2 Å². The molecular formula is C10H10F3N3OS. The number of amides is 1. The molecular weight excluding hydrogens is 267 g/mol. The fourth-order valence-corrected chi connectivity index (χ4v) is 2.29. The van der Waals surface area contributed by atoms with Crippen molar-refractivity contribution in [2.75, 3.05) is 5.32 Å². The van der Waals surface area contributed by atoms with E-state index in [2.05, 4.69) is 15.5 Å². The highest BCUT2D eigenvalue weighted by atomic mass is 32.1. The maximum atomic E-state index is 12.3. The van der Waals surface area contributed by atoms with Crippen LogP contribution in [0.3, 0.4) is 0 Å². The van der Waals surface area contributed by atoms with Crippen LogP contribution in [0.1, 0.15) is 24.3 Å². The normalized spacial score (nSPS) is 19.2. The number of rotatable bonds is 3. The smallest absolute Gasteiger partial charge is 0.301 e. The number of hydrogen-bond donors (Lipinski definition) is 1. The highest BCUT2D eigenvalue weighted by Crippen LogP contribution is 2.33. The number of nitrogens with zero attached hydrogens (tertiary/aromatic N) is 2. The molecule has 0 aliphatic heterocycles. The van der Waals surface area contributed by atoms with Gasteiger partial charge in [-0.3, -0.25) is 4.79 Å². The molecule has 18 heavy (non-hydrogen) atoms.